The second kappa shape index (κ2) is 9.36. The van der Waals surface area contributed by atoms with Crippen molar-refractivity contribution in [2.45, 2.75) is 19.4 Å². The molecular weight excluding hydrogens is 354 g/mol. The van der Waals surface area contributed by atoms with Crippen molar-refractivity contribution < 1.29 is 9.59 Å². The van der Waals surface area contributed by atoms with Gasteiger partial charge in [0.05, 0.1) is 12.4 Å². The highest BCUT2D eigenvalue weighted by molar-refractivity contribution is 5.89. The molecule has 0 fully saturated rings. The Hall–Kier alpha value is -3.61. The van der Waals surface area contributed by atoms with Gasteiger partial charge in [0.2, 0.25) is 5.91 Å². The van der Waals surface area contributed by atoms with Crippen LogP contribution in [0.5, 0.6) is 0 Å². The number of imidazole rings is 1. The van der Waals surface area contributed by atoms with Gasteiger partial charge in [-0.05, 0) is 36.8 Å². The third-order valence-electron chi connectivity index (χ3n) is 4.24. The highest BCUT2D eigenvalue weighted by Crippen LogP contribution is 2.15. The zero-order valence-electron chi connectivity index (χ0n) is 15.6. The van der Waals surface area contributed by atoms with Gasteiger partial charge in [-0.15, -0.1) is 0 Å². The largest absolute Gasteiger partial charge is 0.350 e. The topological polar surface area (TPSA) is 88.0 Å². The number of nitrogens with zero attached hydrogens (tertiary/aromatic N) is 2. The summed E-state index contributed by atoms with van der Waals surface area (Å²) >= 11 is 0. The van der Waals surface area contributed by atoms with Crippen LogP contribution in [-0.2, 0) is 4.79 Å². The van der Waals surface area contributed by atoms with Gasteiger partial charge >= 0.3 is 6.03 Å². The molecular formula is C21H23N5O2. The predicted octanol–water partition coefficient (Wildman–Crippen LogP) is 3.26. The molecule has 3 amide bonds. The molecule has 1 atom stereocenters. The van der Waals surface area contributed by atoms with Crippen LogP contribution in [0, 0.1) is 0 Å². The first-order valence-corrected chi connectivity index (χ1v) is 9.09. The van der Waals surface area contributed by atoms with E-state index in [1.807, 2.05) is 60.2 Å². The van der Waals surface area contributed by atoms with Crippen LogP contribution in [0.4, 0.5) is 10.5 Å². The summed E-state index contributed by atoms with van der Waals surface area (Å²) in [5, 5.41) is 8.33. The number of urea groups is 1. The zero-order valence-corrected chi connectivity index (χ0v) is 15.6. The fourth-order valence-corrected chi connectivity index (χ4v) is 2.73. The molecule has 0 radical (unpaired) electrons. The fourth-order valence-electron chi connectivity index (χ4n) is 2.73. The number of anilines is 1. The minimum absolute atomic E-state index is 0.119. The van der Waals surface area contributed by atoms with E-state index in [-0.39, 0.29) is 30.9 Å². The highest BCUT2D eigenvalue weighted by atomic mass is 16.2. The lowest BCUT2D eigenvalue weighted by atomic mass is 10.1. The van der Waals surface area contributed by atoms with Crippen LogP contribution in [0.2, 0.25) is 0 Å². The number of hydrogen-bond acceptors (Lipinski definition) is 3. The maximum atomic E-state index is 12.1. The van der Waals surface area contributed by atoms with Crippen molar-refractivity contribution in [3.05, 3.63) is 78.9 Å². The van der Waals surface area contributed by atoms with Crippen LogP contribution in [0.3, 0.4) is 0 Å². The van der Waals surface area contributed by atoms with Crippen LogP contribution in [0.25, 0.3) is 5.69 Å². The van der Waals surface area contributed by atoms with Gasteiger partial charge < -0.3 is 20.5 Å². The number of amides is 3. The van der Waals surface area contributed by atoms with E-state index in [0.717, 1.165) is 11.3 Å². The third kappa shape index (κ3) is 5.44. The fraction of sp³-hybridized carbons (Fsp3) is 0.190. The van der Waals surface area contributed by atoms with Crippen LogP contribution in [-0.4, -0.2) is 28.0 Å². The predicted molar refractivity (Wildman–Crippen MR) is 108 cm³/mol. The molecule has 28 heavy (non-hydrogen) atoms. The van der Waals surface area contributed by atoms with Crippen LogP contribution in [0.1, 0.15) is 24.9 Å². The average Bonchev–Trinajstić information content (AvgIpc) is 3.23. The number of rotatable bonds is 7. The van der Waals surface area contributed by atoms with Crippen LogP contribution < -0.4 is 16.0 Å². The molecule has 7 nitrogen and oxygen atoms in total. The molecule has 0 aliphatic heterocycles. The van der Waals surface area contributed by atoms with E-state index < -0.39 is 0 Å². The second-order valence-electron chi connectivity index (χ2n) is 6.35. The standard InChI is InChI=1S/C21H23N5O2/c1-16(17-7-9-19(10-8-17)26-14-13-22-15-26)24-20(27)11-12-23-21(28)25-18-5-3-2-4-6-18/h2-10,13-16H,11-12H2,1H3,(H,24,27)(H2,23,25,28)/t16-/m0/s1. The number of carbonyl (C=O) groups is 2. The lowest BCUT2D eigenvalue weighted by Gasteiger charge is -2.15. The molecule has 0 saturated carbocycles. The number of aromatic nitrogens is 2. The molecule has 7 heteroatoms. The van der Waals surface area contributed by atoms with Crippen molar-refractivity contribution in [3.8, 4) is 5.69 Å². The maximum Gasteiger partial charge on any atom is 0.319 e. The Morgan fingerprint density at radius 1 is 1.07 bits per heavy atom. The molecule has 2 aromatic carbocycles. The number of hydrogen-bond donors (Lipinski definition) is 3. The maximum absolute atomic E-state index is 12.1. The summed E-state index contributed by atoms with van der Waals surface area (Å²) in [4.78, 5) is 28.0. The minimum atomic E-state index is -0.331. The Kier molecular flexibility index (Phi) is 6.41. The zero-order chi connectivity index (χ0) is 19.8. The Morgan fingerprint density at radius 2 is 1.82 bits per heavy atom. The van der Waals surface area contributed by atoms with Gasteiger partial charge in [0.15, 0.2) is 0 Å². The van der Waals surface area contributed by atoms with E-state index in [0.29, 0.717) is 5.69 Å². The normalized spacial score (nSPS) is 11.5. The first kappa shape index (κ1) is 19.2. The Balaban J connectivity index is 1.41. The van der Waals surface area contributed by atoms with Crippen LogP contribution in [0.15, 0.2) is 73.3 Å². The van der Waals surface area contributed by atoms with E-state index in [1.165, 1.54) is 0 Å². The molecule has 0 saturated heterocycles. The van der Waals surface area contributed by atoms with Crippen molar-refractivity contribution in [2.24, 2.45) is 0 Å². The molecule has 0 aliphatic rings. The van der Waals surface area contributed by atoms with E-state index in [2.05, 4.69) is 20.9 Å². The number of nitrogens with one attached hydrogen (secondary N) is 3. The van der Waals surface area contributed by atoms with Crippen LogP contribution >= 0.6 is 0 Å². The molecule has 0 bridgehead atoms. The summed E-state index contributed by atoms with van der Waals surface area (Å²) in [5.41, 5.74) is 2.72. The number of carbonyl (C=O) groups excluding carboxylic acids is 2. The van der Waals surface area contributed by atoms with Crippen molar-refractivity contribution in [3.63, 3.8) is 0 Å². The van der Waals surface area contributed by atoms with Gasteiger partial charge in [0.25, 0.3) is 0 Å². The Bertz CT molecular complexity index is 892. The van der Waals surface area contributed by atoms with Crippen molar-refractivity contribution in [1.82, 2.24) is 20.2 Å². The van der Waals surface area contributed by atoms with E-state index in [9.17, 15) is 9.59 Å². The monoisotopic (exact) mass is 377 g/mol. The van der Waals surface area contributed by atoms with Gasteiger partial charge in [-0.1, -0.05) is 30.3 Å². The first-order valence-electron chi connectivity index (χ1n) is 9.09. The summed E-state index contributed by atoms with van der Waals surface area (Å²) in [6.45, 7) is 2.19. The molecule has 0 aliphatic carbocycles. The van der Waals surface area contributed by atoms with Crippen molar-refractivity contribution in [2.75, 3.05) is 11.9 Å². The Labute approximate surface area is 163 Å². The van der Waals surface area contributed by atoms with Gasteiger partial charge in [-0.3, -0.25) is 4.79 Å². The number of para-hydroxylation sites is 1. The quantitative estimate of drug-likeness (QED) is 0.590. The smallest absolute Gasteiger partial charge is 0.319 e. The lowest BCUT2D eigenvalue weighted by molar-refractivity contribution is -0.121. The molecule has 1 heterocycles. The summed E-state index contributed by atoms with van der Waals surface area (Å²) in [6.07, 6.45) is 5.55. The third-order valence-corrected chi connectivity index (χ3v) is 4.24. The van der Waals surface area contributed by atoms with E-state index in [4.69, 9.17) is 0 Å². The SMILES string of the molecule is C[C@H](NC(=O)CCNC(=O)Nc1ccccc1)c1ccc(-n2ccnc2)cc1. The number of benzene rings is 2. The lowest BCUT2D eigenvalue weighted by Crippen LogP contribution is -2.34. The van der Waals surface area contributed by atoms with E-state index in [1.54, 1.807) is 24.7 Å². The summed E-state index contributed by atoms with van der Waals surface area (Å²) in [7, 11) is 0. The first-order chi connectivity index (χ1) is 13.6. The molecule has 1 aromatic heterocycles. The molecule has 3 N–H and O–H groups in total. The molecule has 144 valence electrons. The minimum Gasteiger partial charge on any atom is -0.350 e. The molecule has 3 rings (SSSR count). The van der Waals surface area contributed by atoms with Gasteiger partial charge in [-0.25, -0.2) is 9.78 Å². The average molecular weight is 377 g/mol. The molecule has 0 unspecified atom stereocenters. The van der Waals surface area contributed by atoms with Gasteiger partial charge in [-0.2, -0.15) is 0 Å². The Morgan fingerprint density at radius 3 is 2.50 bits per heavy atom. The summed E-state index contributed by atoms with van der Waals surface area (Å²) < 4.78 is 1.92. The highest BCUT2D eigenvalue weighted by Gasteiger charge is 2.10. The second-order valence-corrected chi connectivity index (χ2v) is 6.35. The molecule has 0 spiro atoms. The molecule has 3 aromatic rings. The summed E-state index contributed by atoms with van der Waals surface area (Å²) in [6, 6.07) is 16.6. The van der Waals surface area contributed by atoms with Crippen molar-refractivity contribution >= 4 is 17.6 Å². The van der Waals surface area contributed by atoms with Gasteiger partial charge in [0.1, 0.15) is 0 Å². The van der Waals surface area contributed by atoms with Crippen molar-refractivity contribution in [1.29, 1.82) is 0 Å². The van der Waals surface area contributed by atoms with Gasteiger partial charge in [0, 0.05) is 36.7 Å². The summed E-state index contributed by atoms with van der Waals surface area (Å²) in [5.74, 6) is -0.119. The van der Waals surface area contributed by atoms with E-state index >= 15 is 0 Å².